The van der Waals surface area contributed by atoms with E-state index in [0.29, 0.717) is 17.5 Å². The van der Waals surface area contributed by atoms with Crippen LogP contribution in [0.3, 0.4) is 0 Å². The number of benzene rings is 2. The van der Waals surface area contributed by atoms with Crippen molar-refractivity contribution in [2.24, 2.45) is 0 Å². The highest BCUT2D eigenvalue weighted by Crippen LogP contribution is 2.22. The van der Waals surface area contributed by atoms with E-state index in [4.69, 9.17) is 0 Å². The summed E-state index contributed by atoms with van der Waals surface area (Å²) in [5.41, 5.74) is 1.62. The minimum atomic E-state index is -0.326. The van der Waals surface area contributed by atoms with Crippen LogP contribution in [0.1, 0.15) is 52.1 Å². The van der Waals surface area contributed by atoms with Crippen LogP contribution in [0.4, 0.5) is 4.39 Å². The third-order valence-corrected chi connectivity index (χ3v) is 4.41. The summed E-state index contributed by atoms with van der Waals surface area (Å²) < 4.78 is 12.9. The Balaban J connectivity index is 1.49. The highest BCUT2D eigenvalue weighted by atomic mass is 19.1. The molecule has 3 amide bonds. The number of amides is 3. The Bertz CT molecular complexity index is 813. The molecule has 0 radical (unpaired) electrons. The first-order valence-corrected chi connectivity index (χ1v) is 8.47. The summed E-state index contributed by atoms with van der Waals surface area (Å²) in [5.74, 6) is -1.14. The molecule has 0 spiro atoms. The average Bonchev–Trinajstić information content (AvgIpc) is 2.87. The van der Waals surface area contributed by atoms with Crippen LogP contribution in [0.15, 0.2) is 48.5 Å². The molecule has 1 unspecified atom stereocenters. The smallest absolute Gasteiger partial charge is 0.261 e. The SMILES string of the molecule is CC(NC(=O)CCCN1C(=O)c2ccccc2C1=O)c1ccc(F)cc1. The van der Waals surface area contributed by atoms with Crippen LogP contribution in [0.25, 0.3) is 0 Å². The summed E-state index contributed by atoms with van der Waals surface area (Å²) >= 11 is 0. The van der Waals surface area contributed by atoms with Gasteiger partial charge in [-0.25, -0.2) is 4.39 Å². The van der Waals surface area contributed by atoms with E-state index in [0.717, 1.165) is 5.56 Å². The molecule has 134 valence electrons. The van der Waals surface area contributed by atoms with Gasteiger partial charge < -0.3 is 5.32 Å². The van der Waals surface area contributed by atoms with Gasteiger partial charge in [-0.15, -0.1) is 0 Å². The second kappa shape index (κ2) is 7.47. The minimum Gasteiger partial charge on any atom is -0.350 e. The number of imide groups is 1. The molecule has 1 N–H and O–H groups in total. The van der Waals surface area contributed by atoms with Gasteiger partial charge >= 0.3 is 0 Å². The van der Waals surface area contributed by atoms with Gasteiger partial charge in [0, 0.05) is 13.0 Å². The molecule has 6 heteroatoms. The number of hydrogen-bond acceptors (Lipinski definition) is 3. The van der Waals surface area contributed by atoms with Crippen molar-refractivity contribution in [1.29, 1.82) is 0 Å². The standard InChI is InChI=1S/C20H19FN2O3/c1-13(14-8-10-15(21)11-9-14)22-18(24)7-4-12-23-19(25)16-5-2-3-6-17(16)20(23)26/h2-3,5-6,8-11,13H,4,7,12H2,1H3,(H,22,24). The summed E-state index contributed by atoms with van der Waals surface area (Å²) in [7, 11) is 0. The predicted octanol–water partition coefficient (Wildman–Crippen LogP) is 3.08. The maximum Gasteiger partial charge on any atom is 0.261 e. The number of hydrogen-bond donors (Lipinski definition) is 1. The largest absolute Gasteiger partial charge is 0.350 e. The van der Waals surface area contributed by atoms with Crippen molar-refractivity contribution < 1.29 is 18.8 Å². The lowest BCUT2D eigenvalue weighted by atomic mass is 10.1. The van der Waals surface area contributed by atoms with Crippen molar-refractivity contribution in [3.05, 3.63) is 71.0 Å². The molecule has 1 heterocycles. The van der Waals surface area contributed by atoms with E-state index in [1.54, 1.807) is 36.4 Å². The van der Waals surface area contributed by atoms with Crippen LogP contribution >= 0.6 is 0 Å². The molecule has 0 fully saturated rings. The molecule has 1 aliphatic rings. The Kier molecular flexibility index (Phi) is 5.11. The zero-order valence-corrected chi connectivity index (χ0v) is 14.4. The molecule has 26 heavy (non-hydrogen) atoms. The first kappa shape index (κ1) is 17.8. The molecule has 1 aliphatic heterocycles. The summed E-state index contributed by atoms with van der Waals surface area (Å²) in [6, 6.07) is 12.4. The molecule has 0 bridgehead atoms. The summed E-state index contributed by atoms with van der Waals surface area (Å²) in [4.78, 5) is 37.8. The van der Waals surface area contributed by atoms with Crippen LogP contribution in [0.2, 0.25) is 0 Å². The fourth-order valence-electron chi connectivity index (χ4n) is 2.99. The second-order valence-electron chi connectivity index (χ2n) is 6.25. The van der Waals surface area contributed by atoms with E-state index < -0.39 is 0 Å². The topological polar surface area (TPSA) is 66.5 Å². The molecule has 1 atom stereocenters. The summed E-state index contributed by atoms with van der Waals surface area (Å²) in [6.45, 7) is 2.01. The molecular formula is C20H19FN2O3. The second-order valence-corrected chi connectivity index (χ2v) is 6.25. The van der Waals surface area contributed by atoms with Crippen molar-refractivity contribution in [3.63, 3.8) is 0 Å². The van der Waals surface area contributed by atoms with Crippen molar-refractivity contribution in [1.82, 2.24) is 10.2 Å². The first-order chi connectivity index (χ1) is 12.5. The highest BCUT2D eigenvalue weighted by Gasteiger charge is 2.34. The molecule has 2 aromatic rings. The maximum absolute atomic E-state index is 12.9. The average molecular weight is 354 g/mol. The lowest BCUT2D eigenvalue weighted by Gasteiger charge is -2.16. The summed E-state index contributed by atoms with van der Waals surface area (Å²) in [6.07, 6.45) is 0.576. The van der Waals surface area contributed by atoms with Crippen LogP contribution in [0, 0.1) is 5.82 Å². The number of nitrogens with zero attached hydrogens (tertiary/aromatic N) is 1. The third-order valence-electron chi connectivity index (χ3n) is 4.41. The molecule has 0 aliphatic carbocycles. The zero-order valence-electron chi connectivity index (χ0n) is 14.4. The quantitative estimate of drug-likeness (QED) is 0.811. The predicted molar refractivity (Wildman–Crippen MR) is 94.0 cm³/mol. The van der Waals surface area contributed by atoms with E-state index in [-0.39, 0.29) is 42.5 Å². The Morgan fingerprint density at radius 3 is 2.19 bits per heavy atom. The highest BCUT2D eigenvalue weighted by molar-refractivity contribution is 6.21. The minimum absolute atomic E-state index is 0.182. The van der Waals surface area contributed by atoms with Gasteiger partial charge in [-0.3, -0.25) is 19.3 Å². The molecule has 5 nitrogen and oxygen atoms in total. The monoisotopic (exact) mass is 354 g/mol. The normalized spacial score (nSPS) is 14.3. The van der Waals surface area contributed by atoms with Crippen molar-refractivity contribution in [2.45, 2.75) is 25.8 Å². The van der Waals surface area contributed by atoms with E-state index in [9.17, 15) is 18.8 Å². The molecular weight excluding hydrogens is 335 g/mol. The van der Waals surface area contributed by atoms with E-state index in [2.05, 4.69) is 5.32 Å². The van der Waals surface area contributed by atoms with Gasteiger partial charge in [-0.05, 0) is 43.2 Å². The number of nitrogens with one attached hydrogen (secondary N) is 1. The maximum atomic E-state index is 12.9. The van der Waals surface area contributed by atoms with Gasteiger partial charge in [0.15, 0.2) is 0 Å². The Labute approximate surface area is 150 Å². The van der Waals surface area contributed by atoms with Crippen molar-refractivity contribution in [2.75, 3.05) is 6.54 Å². The first-order valence-electron chi connectivity index (χ1n) is 8.47. The number of carbonyl (C=O) groups is 3. The van der Waals surface area contributed by atoms with Crippen LogP contribution in [-0.2, 0) is 4.79 Å². The van der Waals surface area contributed by atoms with Gasteiger partial charge in [0.25, 0.3) is 11.8 Å². The third kappa shape index (κ3) is 3.64. The van der Waals surface area contributed by atoms with E-state index in [1.165, 1.54) is 17.0 Å². The molecule has 0 saturated carbocycles. The zero-order chi connectivity index (χ0) is 18.7. The van der Waals surface area contributed by atoms with Crippen LogP contribution in [0.5, 0.6) is 0 Å². The number of carbonyl (C=O) groups excluding carboxylic acids is 3. The lowest BCUT2D eigenvalue weighted by molar-refractivity contribution is -0.121. The Morgan fingerprint density at radius 1 is 1.04 bits per heavy atom. The number of rotatable bonds is 6. The number of fused-ring (bicyclic) bond motifs is 1. The van der Waals surface area contributed by atoms with Gasteiger partial charge in [0.05, 0.1) is 17.2 Å². The van der Waals surface area contributed by atoms with E-state index in [1.807, 2.05) is 6.92 Å². The Morgan fingerprint density at radius 2 is 1.62 bits per heavy atom. The van der Waals surface area contributed by atoms with Crippen molar-refractivity contribution >= 4 is 17.7 Å². The van der Waals surface area contributed by atoms with Gasteiger partial charge in [0.1, 0.15) is 5.82 Å². The van der Waals surface area contributed by atoms with Gasteiger partial charge in [-0.2, -0.15) is 0 Å². The van der Waals surface area contributed by atoms with Crippen LogP contribution in [-0.4, -0.2) is 29.2 Å². The van der Waals surface area contributed by atoms with Gasteiger partial charge in [0.2, 0.25) is 5.91 Å². The summed E-state index contributed by atoms with van der Waals surface area (Å²) in [5, 5.41) is 2.83. The van der Waals surface area contributed by atoms with Crippen LogP contribution < -0.4 is 5.32 Å². The molecule has 3 rings (SSSR count). The fraction of sp³-hybridized carbons (Fsp3) is 0.250. The molecule has 0 aromatic heterocycles. The lowest BCUT2D eigenvalue weighted by Crippen LogP contribution is -2.32. The fourth-order valence-corrected chi connectivity index (χ4v) is 2.99. The Hall–Kier alpha value is -3.02. The molecule has 0 saturated heterocycles. The molecule has 2 aromatic carbocycles. The number of halogens is 1. The van der Waals surface area contributed by atoms with E-state index >= 15 is 0 Å². The van der Waals surface area contributed by atoms with Gasteiger partial charge in [-0.1, -0.05) is 24.3 Å². The van der Waals surface area contributed by atoms with Crippen molar-refractivity contribution in [3.8, 4) is 0 Å².